The third-order valence-corrected chi connectivity index (χ3v) is 2.32. The smallest absolute Gasteiger partial charge is 0.116 e. The standard InChI is InChI=1S/C14H12N2/c1-3-4-13-11(2)5-6-14(16-13)12-7-9-15-10-8-12/h5-10H,1-2H3. The van der Waals surface area contributed by atoms with E-state index >= 15 is 0 Å². The normalized spacial score (nSPS) is 9.38. The predicted molar refractivity (Wildman–Crippen MR) is 64.8 cm³/mol. The molecule has 0 aliphatic heterocycles. The van der Waals surface area contributed by atoms with E-state index in [4.69, 9.17) is 0 Å². The minimum absolute atomic E-state index is 0.844. The first-order valence-corrected chi connectivity index (χ1v) is 5.12. The highest BCUT2D eigenvalue weighted by atomic mass is 14.7. The molecule has 0 saturated carbocycles. The van der Waals surface area contributed by atoms with E-state index < -0.39 is 0 Å². The van der Waals surface area contributed by atoms with Gasteiger partial charge < -0.3 is 0 Å². The molecule has 2 nitrogen and oxygen atoms in total. The van der Waals surface area contributed by atoms with Gasteiger partial charge in [0.1, 0.15) is 5.69 Å². The lowest BCUT2D eigenvalue weighted by Gasteiger charge is -2.03. The molecule has 0 aliphatic rings. The maximum atomic E-state index is 4.53. The molecule has 0 N–H and O–H groups in total. The van der Waals surface area contributed by atoms with E-state index in [0.717, 1.165) is 22.5 Å². The van der Waals surface area contributed by atoms with E-state index in [1.54, 1.807) is 12.4 Å². The van der Waals surface area contributed by atoms with Crippen LogP contribution in [0.4, 0.5) is 0 Å². The Balaban J connectivity index is 2.51. The summed E-state index contributed by atoms with van der Waals surface area (Å²) in [5, 5.41) is 0. The first-order valence-electron chi connectivity index (χ1n) is 5.12. The van der Waals surface area contributed by atoms with E-state index in [2.05, 4.69) is 21.8 Å². The molecule has 16 heavy (non-hydrogen) atoms. The second kappa shape index (κ2) is 4.59. The van der Waals surface area contributed by atoms with Crippen molar-refractivity contribution in [1.29, 1.82) is 0 Å². The molecule has 0 aliphatic carbocycles. The fourth-order valence-electron chi connectivity index (χ4n) is 1.46. The van der Waals surface area contributed by atoms with Crippen molar-refractivity contribution < 1.29 is 0 Å². The molecule has 2 aromatic heterocycles. The number of pyridine rings is 2. The molecule has 0 fully saturated rings. The molecule has 0 aromatic carbocycles. The lowest BCUT2D eigenvalue weighted by atomic mass is 10.1. The van der Waals surface area contributed by atoms with Gasteiger partial charge in [0.05, 0.1) is 5.69 Å². The maximum Gasteiger partial charge on any atom is 0.116 e. The van der Waals surface area contributed by atoms with Crippen LogP contribution in [0.5, 0.6) is 0 Å². The molecule has 2 heterocycles. The summed E-state index contributed by atoms with van der Waals surface area (Å²) in [5.74, 6) is 5.89. The maximum absolute atomic E-state index is 4.53. The lowest BCUT2D eigenvalue weighted by molar-refractivity contribution is 1.22. The van der Waals surface area contributed by atoms with Crippen LogP contribution in [-0.2, 0) is 0 Å². The van der Waals surface area contributed by atoms with Crippen LogP contribution >= 0.6 is 0 Å². The molecule has 2 heteroatoms. The highest BCUT2D eigenvalue weighted by molar-refractivity contribution is 5.59. The van der Waals surface area contributed by atoms with Crippen molar-refractivity contribution in [2.24, 2.45) is 0 Å². The first kappa shape index (κ1) is 10.4. The molecule has 0 radical (unpaired) electrons. The zero-order chi connectivity index (χ0) is 11.4. The minimum Gasteiger partial charge on any atom is -0.265 e. The summed E-state index contributed by atoms with van der Waals surface area (Å²) in [6, 6.07) is 7.94. The van der Waals surface area contributed by atoms with Crippen molar-refractivity contribution in [2.75, 3.05) is 0 Å². The summed E-state index contributed by atoms with van der Waals surface area (Å²) in [7, 11) is 0. The zero-order valence-electron chi connectivity index (χ0n) is 9.36. The summed E-state index contributed by atoms with van der Waals surface area (Å²) < 4.78 is 0. The Hall–Kier alpha value is -2.14. The molecule has 78 valence electrons. The monoisotopic (exact) mass is 208 g/mol. The fraction of sp³-hybridized carbons (Fsp3) is 0.143. The van der Waals surface area contributed by atoms with Crippen molar-refractivity contribution in [3.8, 4) is 23.1 Å². The van der Waals surface area contributed by atoms with Crippen LogP contribution in [0.1, 0.15) is 18.2 Å². The fourth-order valence-corrected chi connectivity index (χ4v) is 1.46. The Kier molecular flexibility index (Phi) is 2.98. The molecular weight excluding hydrogens is 196 g/mol. The van der Waals surface area contributed by atoms with E-state index in [-0.39, 0.29) is 0 Å². The largest absolute Gasteiger partial charge is 0.265 e. The van der Waals surface area contributed by atoms with Gasteiger partial charge in [-0.2, -0.15) is 0 Å². The van der Waals surface area contributed by atoms with E-state index in [1.165, 1.54) is 0 Å². The Labute approximate surface area is 95.4 Å². The Bertz CT molecular complexity index is 548. The summed E-state index contributed by atoms with van der Waals surface area (Å²) in [6.07, 6.45) is 3.53. The number of rotatable bonds is 1. The Morgan fingerprint density at radius 1 is 1.06 bits per heavy atom. The van der Waals surface area contributed by atoms with Crippen LogP contribution in [-0.4, -0.2) is 9.97 Å². The molecule has 0 spiro atoms. The van der Waals surface area contributed by atoms with Gasteiger partial charge in [0, 0.05) is 18.0 Å². The minimum atomic E-state index is 0.844. The van der Waals surface area contributed by atoms with Gasteiger partial charge in [-0.25, -0.2) is 4.98 Å². The average Bonchev–Trinajstić information content (AvgIpc) is 2.33. The Morgan fingerprint density at radius 2 is 1.81 bits per heavy atom. The number of hydrogen-bond donors (Lipinski definition) is 0. The van der Waals surface area contributed by atoms with Crippen LogP contribution in [0.15, 0.2) is 36.7 Å². The van der Waals surface area contributed by atoms with Gasteiger partial charge in [-0.05, 0) is 43.5 Å². The topological polar surface area (TPSA) is 25.8 Å². The summed E-state index contributed by atoms with van der Waals surface area (Å²) in [6.45, 7) is 3.84. The molecular formula is C14H12N2. The highest BCUT2D eigenvalue weighted by Gasteiger charge is 2.01. The number of hydrogen-bond acceptors (Lipinski definition) is 2. The van der Waals surface area contributed by atoms with E-state index in [0.29, 0.717) is 0 Å². The van der Waals surface area contributed by atoms with Gasteiger partial charge in [0.15, 0.2) is 0 Å². The van der Waals surface area contributed by atoms with Crippen LogP contribution in [0.3, 0.4) is 0 Å². The molecule has 0 atom stereocenters. The van der Waals surface area contributed by atoms with Gasteiger partial charge in [0.25, 0.3) is 0 Å². The molecule has 2 rings (SSSR count). The third-order valence-electron chi connectivity index (χ3n) is 2.32. The molecule has 0 saturated heterocycles. The SMILES string of the molecule is CC#Cc1nc(-c2ccncc2)ccc1C. The lowest BCUT2D eigenvalue weighted by Crippen LogP contribution is -1.91. The summed E-state index contributed by atoms with van der Waals surface area (Å²) in [4.78, 5) is 8.52. The predicted octanol–water partition coefficient (Wildman–Crippen LogP) is 2.82. The van der Waals surface area contributed by atoms with Crippen molar-refractivity contribution in [1.82, 2.24) is 9.97 Å². The first-order chi connectivity index (χ1) is 7.81. The van der Waals surface area contributed by atoms with Crippen molar-refractivity contribution >= 4 is 0 Å². The molecule has 0 unspecified atom stereocenters. The number of aryl methyl sites for hydroxylation is 1. The van der Waals surface area contributed by atoms with E-state index in [9.17, 15) is 0 Å². The third kappa shape index (κ3) is 2.09. The molecule has 0 bridgehead atoms. The van der Waals surface area contributed by atoms with Gasteiger partial charge >= 0.3 is 0 Å². The highest BCUT2D eigenvalue weighted by Crippen LogP contribution is 2.17. The average molecular weight is 208 g/mol. The molecule has 0 amide bonds. The van der Waals surface area contributed by atoms with Crippen LogP contribution < -0.4 is 0 Å². The van der Waals surface area contributed by atoms with Crippen molar-refractivity contribution in [3.63, 3.8) is 0 Å². The van der Waals surface area contributed by atoms with Crippen molar-refractivity contribution in [3.05, 3.63) is 47.9 Å². The van der Waals surface area contributed by atoms with Gasteiger partial charge in [-0.15, -0.1) is 0 Å². The van der Waals surface area contributed by atoms with Gasteiger partial charge in [-0.1, -0.05) is 12.0 Å². The van der Waals surface area contributed by atoms with Crippen LogP contribution in [0.2, 0.25) is 0 Å². The number of aromatic nitrogens is 2. The quantitative estimate of drug-likeness (QED) is 0.673. The second-order valence-electron chi connectivity index (χ2n) is 3.47. The second-order valence-corrected chi connectivity index (χ2v) is 3.47. The zero-order valence-corrected chi connectivity index (χ0v) is 9.36. The van der Waals surface area contributed by atoms with Gasteiger partial charge in [0.2, 0.25) is 0 Å². The van der Waals surface area contributed by atoms with Gasteiger partial charge in [-0.3, -0.25) is 4.98 Å². The number of nitrogens with zero attached hydrogens (tertiary/aromatic N) is 2. The van der Waals surface area contributed by atoms with Crippen LogP contribution in [0.25, 0.3) is 11.3 Å². The molecule has 2 aromatic rings. The van der Waals surface area contributed by atoms with E-state index in [1.807, 2.05) is 38.1 Å². The summed E-state index contributed by atoms with van der Waals surface area (Å²) in [5.41, 5.74) is 3.95. The summed E-state index contributed by atoms with van der Waals surface area (Å²) >= 11 is 0. The van der Waals surface area contributed by atoms with Crippen LogP contribution in [0, 0.1) is 18.8 Å². The van der Waals surface area contributed by atoms with Crippen molar-refractivity contribution in [2.45, 2.75) is 13.8 Å². The Morgan fingerprint density at radius 3 is 2.50 bits per heavy atom.